The van der Waals surface area contributed by atoms with E-state index < -0.39 is 0 Å². The van der Waals surface area contributed by atoms with Gasteiger partial charge >= 0.3 is 0 Å². The second-order valence-corrected chi connectivity index (χ2v) is 4.78. The van der Waals surface area contributed by atoms with Crippen molar-refractivity contribution in [1.29, 1.82) is 0 Å². The normalized spacial score (nSPS) is 18.4. The van der Waals surface area contributed by atoms with E-state index in [9.17, 15) is 0 Å². The molecule has 1 saturated heterocycles. The largest absolute Gasteiger partial charge is 0.483 e. The lowest BCUT2D eigenvalue weighted by atomic mass is 10.00. The van der Waals surface area contributed by atoms with Crippen molar-refractivity contribution in [2.45, 2.75) is 12.5 Å². The molecule has 1 aromatic heterocycles. The van der Waals surface area contributed by atoms with Gasteiger partial charge in [0.25, 0.3) is 0 Å². The molecule has 0 unspecified atom stereocenters. The van der Waals surface area contributed by atoms with E-state index in [1.54, 1.807) is 0 Å². The third kappa shape index (κ3) is 1.39. The van der Waals surface area contributed by atoms with Gasteiger partial charge in [0.15, 0.2) is 0 Å². The number of nitrogens with one attached hydrogen (secondary N) is 1. The highest BCUT2D eigenvalue weighted by Crippen LogP contribution is 2.30. The molecule has 16 heavy (non-hydrogen) atoms. The van der Waals surface area contributed by atoms with E-state index in [-0.39, 0.29) is 5.60 Å². The molecule has 0 amide bonds. The smallest absolute Gasteiger partial charge is 0.144 e. The summed E-state index contributed by atoms with van der Waals surface area (Å²) in [6.07, 6.45) is 2.07. The lowest BCUT2D eigenvalue weighted by Crippen LogP contribution is -2.61. The summed E-state index contributed by atoms with van der Waals surface area (Å²) in [5.74, 6) is 0.981. The number of hydrogen-bond donors (Lipinski definition) is 1. The quantitative estimate of drug-likeness (QED) is 0.830. The molecule has 0 spiro atoms. The highest BCUT2D eigenvalue weighted by atomic mass is 16.5. The Hall–Kier alpha value is -1.48. The molecule has 1 aliphatic rings. The van der Waals surface area contributed by atoms with Crippen LogP contribution in [0.3, 0.4) is 0 Å². The maximum Gasteiger partial charge on any atom is 0.144 e. The van der Waals surface area contributed by atoms with Crippen molar-refractivity contribution in [3.63, 3.8) is 0 Å². The summed E-state index contributed by atoms with van der Waals surface area (Å²) in [6.45, 7) is 3.99. The molecule has 3 heteroatoms. The number of hydrogen-bond acceptors (Lipinski definition) is 2. The number of ether oxygens (including phenoxy) is 1. The second kappa shape index (κ2) is 3.25. The zero-order chi connectivity index (χ0) is 11.2. The molecule has 1 aliphatic heterocycles. The maximum atomic E-state index is 6.11. The van der Waals surface area contributed by atoms with E-state index in [0.717, 1.165) is 18.8 Å². The van der Waals surface area contributed by atoms with Gasteiger partial charge in [-0.2, -0.15) is 0 Å². The zero-order valence-electron chi connectivity index (χ0n) is 9.66. The summed E-state index contributed by atoms with van der Waals surface area (Å²) in [5, 5.41) is 4.48. The van der Waals surface area contributed by atoms with E-state index in [0.29, 0.717) is 0 Å². The van der Waals surface area contributed by atoms with Crippen LogP contribution in [0.1, 0.15) is 6.92 Å². The SMILES string of the molecule is Cn1ccc2cccc(OC3(C)CNC3)c21. The predicted octanol–water partition coefficient (Wildman–Crippen LogP) is 1.92. The van der Waals surface area contributed by atoms with Gasteiger partial charge in [-0.25, -0.2) is 0 Å². The van der Waals surface area contributed by atoms with Gasteiger partial charge in [0, 0.05) is 31.7 Å². The van der Waals surface area contributed by atoms with Gasteiger partial charge in [0.2, 0.25) is 0 Å². The summed E-state index contributed by atoms with van der Waals surface area (Å²) in [5.41, 5.74) is 1.13. The van der Waals surface area contributed by atoms with Crippen molar-refractivity contribution >= 4 is 10.9 Å². The van der Waals surface area contributed by atoms with Gasteiger partial charge in [-0.1, -0.05) is 12.1 Å². The van der Waals surface area contributed by atoms with Gasteiger partial charge in [0.05, 0.1) is 5.52 Å². The Morgan fingerprint density at radius 2 is 2.12 bits per heavy atom. The molecule has 0 radical (unpaired) electrons. The van der Waals surface area contributed by atoms with Crippen LogP contribution in [0, 0.1) is 0 Å². The first-order chi connectivity index (χ1) is 7.68. The number of aryl methyl sites for hydroxylation is 1. The van der Waals surface area contributed by atoms with E-state index in [2.05, 4.69) is 42.2 Å². The Morgan fingerprint density at radius 3 is 2.81 bits per heavy atom. The van der Waals surface area contributed by atoms with Crippen LogP contribution in [0.25, 0.3) is 10.9 Å². The molecular weight excluding hydrogens is 200 g/mol. The summed E-state index contributed by atoms with van der Waals surface area (Å²) in [7, 11) is 2.05. The Kier molecular flexibility index (Phi) is 1.98. The fourth-order valence-electron chi connectivity index (χ4n) is 2.21. The summed E-state index contributed by atoms with van der Waals surface area (Å²) < 4.78 is 8.22. The average Bonchev–Trinajstić information content (AvgIpc) is 2.59. The lowest BCUT2D eigenvalue weighted by Gasteiger charge is -2.39. The minimum absolute atomic E-state index is 0.0431. The van der Waals surface area contributed by atoms with Crippen LogP contribution < -0.4 is 10.1 Å². The number of rotatable bonds is 2. The van der Waals surface area contributed by atoms with E-state index in [4.69, 9.17) is 4.74 Å². The summed E-state index contributed by atoms with van der Waals surface area (Å²) >= 11 is 0. The summed E-state index contributed by atoms with van der Waals surface area (Å²) in [6, 6.07) is 8.33. The van der Waals surface area contributed by atoms with Crippen LogP contribution in [0.2, 0.25) is 0 Å². The van der Waals surface area contributed by atoms with Crippen LogP contribution in [0.5, 0.6) is 5.75 Å². The predicted molar refractivity (Wildman–Crippen MR) is 64.8 cm³/mol. The Bertz CT molecular complexity index is 526. The van der Waals surface area contributed by atoms with Crippen molar-refractivity contribution in [2.24, 2.45) is 7.05 Å². The second-order valence-electron chi connectivity index (χ2n) is 4.78. The number of aromatic nitrogens is 1. The fourth-order valence-corrected chi connectivity index (χ4v) is 2.21. The first kappa shape index (κ1) is 9.73. The van der Waals surface area contributed by atoms with Gasteiger partial charge in [0.1, 0.15) is 11.4 Å². The topological polar surface area (TPSA) is 26.2 Å². The number of nitrogens with zero attached hydrogens (tertiary/aromatic N) is 1. The monoisotopic (exact) mass is 216 g/mol. The molecule has 3 nitrogen and oxygen atoms in total. The van der Waals surface area contributed by atoms with Gasteiger partial charge < -0.3 is 14.6 Å². The fraction of sp³-hybridized carbons (Fsp3) is 0.385. The molecule has 0 aliphatic carbocycles. The molecule has 1 fully saturated rings. The molecule has 2 aromatic rings. The number of fused-ring (bicyclic) bond motifs is 1. The number of para-hydroxylation sites is 1. The first-order valence-electron chi connectivity index (χ1n) is 5.62. The first-order valence-corrected chi connectivity index (χ1v) is 5.62. The molecule has 3 rings (SSSR count). The van der Waals surface area contributed by atoms with Gasteiger partial charge in [-0.05, 0) is 19.1 Å². The highest BCUT2D eigenvalue weighted by molar-refractivity contribution is 5.85. The Balaban J connectivity index is 2.05. The van der Waals surface area contributed by atoms with Crippen molar-refractivity contribution in [2.75, 3.05) is 13.1 Å². The lowest BCUT2D eigenvalue weighted by molar-refractivity contribution is 0.0361. The van der Waals surface area contributed by atoms with E-state index in [1.165, 1.54) is 10.9 Å². The van der Waals surface area contributed by atoms with Gasteiger partial charge in [-0.15, -0.1) is 0 Å². The molecular formula is C13H16N2O. The van der Waals surface area contributed by atoms with Gasteiger partial charge in [-0.3, -0.25) is 0 Å². The minimum atomic E-state index is -0.0431. The Labute approximate surface area is 95.0 Å². The maximum absolute atomic E-state index is 6.11. The minimum Gasteiger partial charge on any atom is -0.483 e. The standard InChI is InChI=1S/C13H16N2O/c1-13(8-14-9-13)16-11-5-3-4-10-6-7-15(2)12(10)11/h3-7,14H,8-9H2,1-2H3. The Morgan fingerprint density at radius 1 is 1.31 bits per heavy atom. The van der Waals surface area contributed by atoms with Crippen LogP contribution in [-0.4, -0.2) is 23.3 Å². The van der Waals surface area contributed by atoms with Crippen LogP contribution in [0.15, 0.2) is 30.5 Å². The molecule has 84 valence electrons. The molecule has 1 N–H and O–H groups in total. The van der Waals surface area contributed by atoms with Crippen molar-refractivity contribution in [3.8, 4) is 5.75 Å². The summed E-state index contributed by atoms with van der Waals surface area (Å²) in [4.78, 5) is 0. The van der Waals surface area contributed by atoms with Crippen LogP contribution in [-0.2, 0) is 7.05 Å². The third-order valence-corrected chi connectivity index (χ3v) is 3.21. The van der Waals surface area contributed by atoms with E-state index >= 15 is 0 Å². The van der Waals surface area contributed by atoms with Crippen molar-refractivity contribution < 1.29 is 4.74 Å². The van der Waals surface area contributed by atoms with Crippen molar-refractivity contribution in [3.05, 3.63) is 30.5 Å². The third-order valence-electron chi connectivity index (χ3n) is 3.21. The van der Waals surface area contributed by atoms with E-state index in [1.807, 2.05) is 12.1 Å². The van der Waals surface area contributed by atoms with Crippen LogP contribution >= 0.6 is 0 Å². The van der Waals surface area contributed by atoms with Crippen molar-refractivity contribution in [1.82, 2.24) is 9.88 Å². The average molecular weight is 216 g/mol. The highest BCUT2D eigenvalue weighted by Gasteiger charge is 2.34. The molecule has 0 bridgehead atoms. The molecule has 0 saturated carbocycles. The molecule has 0 atom stereocenters. The molecule has 1 aromatic carbocycles. The zero-order valence-corrected chi connectivity index (χ0v) is 9.66. The number of benzene rings is 1. The van der Waals surface area contributed by atoms with Crippen LogP contribution in [0.4, 0.5) is 0 Å². The molecule has 2 heterocycles.